The molecule has 4 aromatic rings. The number of benzene rings is 4. The Morgan fingerprint density at radius 3 is 0.595 bits per heavy atom. The zero-order valence-corrected chi connectivity index (χ0v) is 24.1. The van der Waals surface area contributed by atoms with Gasteiger partial charge in [-0.15, -0.1) is 0 Å². The molecule has 4 aromatic carbocycles. The first-order chi connectivity index (χ1) is 17.4. The summed E-state index contributed by atoms with van der Waals surface area (Å²) in [5, 5.41) is 5.55. The molecule has 4 rings (SSSR count). The van der Waals surface area contributed by atoms with Crippen molar-refractivity contribution in [3.63, 3.8) is 0 Å². The van der Waals surface area contributed by atoms with Crippen molar-refractivity contribution in [1.29, 1.82) is 0 Å². The second kappa shape index (κ2) is 27.6. The van der Waals surface area contributed by atoms with Crippen molar-refractivity contribution in [2.45, 2.75) is 0 Å². The van der Waals surface area contributed by atoms with Crippen LogP contribution in [0.25, 0.3) is 0 Å². The van der Waals surface area contributed by atoms with Gasteiger partial charge in [-0.3, -0.25) is 0 Å². The van der Waals surface area contributed by atoms with Gasteiger partial charge in [0.25, 0.3) is 0 Å². The maximum atomic E-state index is 7.50. The molecular formula is C29H21O5PSW. The second-order valence-electron chi connectivity index (χ2n) is 6.01. The number of hydrogen-bond donors (Lipinski definition) is 0. The Kier molecular flexibility index (Phi) is 30.8. The van der Waals surface area contributed by atoms with E-state index in [2.05, 4.69) is 155 Å². The molecule has 37 heavy (non-hydrogen) atoms. The quantitative estimate of drug-likeness (QED) is 0.105. The van der Waals surface area contributed by atoms with E-state index in [-0.39, 0.29) is 34.6 Å². The van der Waals surface area contributed by atoms with Gasteiger partial charge in [0.1, 0.15) is 28.5 Å². The van der Waals surface area contributed by atoms with Crippen molar-refractivity contribution in [2.75, 3.05) is 0 Å². The third kappa shape index (κ3) is 11.3. The van der Waals surface area contributed by atoms with E-state index < -0.39 is 7.26 Å². The maximum absolute atomic E-state index is 7.50. The Morgan fingerprint density at radius 2 is 0.459 bits per heavy atom. The van der Waals surface area contributed by atoms with Crippen LogP contribution in [0.1, 0.15) is 0 Å². The summed E-state index contributed by atoms with van der Waals surface area (Å²) in [6, 6.07) is 43.8. The van der Waals surface area contributed by atoms with Crippen molar-refractivity contribution in [2.24, 2.45) is 0 Å². The standard InChI is InChI=1S/C24H20P.5CO.H2S.W/c1-5-13-21(14-6-1)25(22-15-7-2-8-16-22,23-17-9-3-10-18-23)24-19-11-4-12-20-24;5*1-2;;/h1-20H;;;;;;1H2;/q+1;;;;;;;/p-1. The molecule has 0 saturated carbocycles. The topological polar surface area (TPSA) is 99.5 Å². The minimum Gasteiger partial charge on any atom is -0.813 e. The molecule has 0 atom stereocenters. The van der Waals surface area contributed by atoms with Crippen LogP contribution in [0.5, 0.6) is 0 Å². The molecule has 0 aliphatic carbocycles. The average Bonchev–Trinajstić information content (AvgIpc) is 3.01. The molecule has 0 aliphatic rings. The van der Waals surface area contributed by atoms with Gasteiger partial charge in [-0.2, -0.15) is 0 Å². The van der Waals surface area contributed by atoms with E-state index in [1.807, 2.05) is 0 Å². The predicted molar refractivity (Wildman–Crippen MR) is 140 cm³/mol. The summed E-state index contributed by atoms with van der Waals surface area (Å²) in [5.74, 6) is 0. The Labute approximate surface area is 240 Å². The van der Waals surface area contributed by atoms with Gasteiger partial charge in [-0.05, 0) is 48.5 Å². The molecule has 0 fully saturated rings. The fourth-order valence-electron chi connectivity index (χ4n) is 3.50. The van der Waals surface area contributed by atoms with E-state index in [0.717, 1.165) is 0 Å². The molecule has 8 heteroatoms. The third-order valence-electron chi connectivity index (χ3n) is 4.57. The first kappa shape index (κ1) is 41.2. The molecule has 0 amide bonds. The first-order valence-corrected chi connectivity index (χ1v) is 11.3. The maximum Gasteiger partial charge on any atom is 0.144 e. The Bertz CT molecular complexity index is 966. The number of rotatable bonds is 4. The molecule has 0 bridgehead atoms. The summed E-state index contributed by atoms with van der Waals surface area (Å²) in [4.78, 5) is 0. The summed E-state index contributed by atoms with van der Waals surface area (Å²) in [6.07, 6.45) is 0. The number of hydrogen-bond acceptors (Lipinski definition) is 1. The van der Waals surface area contributed by atoms with E-state index in [1.54, 1.807) is 0 Å². The molecule has 0 aromatic heterocycles. The summed E-state index contributed by atoms with van der Waals surface area (Å²) in [6.45, 7) is 22.5. The van der Waals surface area contributed by atoms with Crippen LogP contribution in [-0.2, 0) is 57.8 Å². The normalized spacial score (nSPS) is 7.84. The Balaban J connectivity index is -0.000000409. The van der Waals surface area contributed by atoms with Crippen molar-refractivity contribution in [3.05, 3.63) is 155 Å². The fourth-order valence-corrected chi connectivity index (χ4v) is 7.77. The van der Waals surface area contributed by atoms with Gasteiger partial charge in [-0.25, -0.2) is 0 Å². The molecule has 0 aliphatic heterocycles. The van der Waals surface area contributed by atoms with Crippen molar-refractivity contribution >= 4 is 42.0 Å². The molecule has 0 unspecified atom stereocenters. The smallest absolute Gasteiger partial charge is 0.144 e. The molecule has 184 valence electrons. The van der Waals surface area contributed by atoms with Crippen LogP contribution in [0.3, 0.4) is 0 Å². The van der Waals surface area contributed by atoms with E-state index in [1.165, 1.54) is 21.2 Å². The van der Waals surface area contributed by atoms with Gasteiger partial charge in [-0.1, -0.05) is 72.8 Å². The first-order valence-electron chi connectivity index (χ1n) is 9.56. The minimum absolute atomic E-state index is 0. The van der Waals surface area contributed by atoms with E-state index in [9.17, 15) is 0 Å². The predicted octanol–water partition coefficient (Wildman–Crippen LogP) is 3.85. The molecule has 0 radical (unpaired) electrons. The fraction of sp³-hybridized carbons (Fsp3) is 0. The molecule has 5 nitrogen and oxygen atoms in total. The second-order valence-corrected chi connectivity index (χ2v) is 9.42. The van der Waals surface area contributed by atoms with Crippen LogP contribution < -0.4 is 21.2 Å². The molecule has 0 saturated heterocycles. The van der Waals surface area contributed by atoms with Crippen LogP contribution >= 0.6 is 7.26 Å². The van der Waals surface area contributed by atoms with E-state index in [4.69, 9.17) is 23.3 Å². The Morgan fingerprint density at radius 1 is 0.324 bits per heavy atom. The molecule has 0 spiro atoms. The summed E-state index contributed by atoms with van der Waals surface area (Å²) >= 11 is 0. The molecule has 0 heterocycles. The van der Waals surface area contributed by atoms with Crippen LogP contribution in [0, 0.1) is 33.3 Å². The minimum atomic E-state index is -1.91. The summed E-state index contributed by atoms with van der Waals surface area (Å²) < 4.78 is 37.5. The van der Waals surface area contributed by atoms with Crippen molar-refractivity contribution in [1.82, 2.24) is 0 Å². The van der Waals surface area contributed by atoms with Crippen LogP contribution in [0.15, 0.2) is 121 Å². The van der Waals surface area contributed by atoms with Gasteiger partial charge in [0.15, 0.2) is 0 Å². The zero-order chi connectivity index (χ0) is 27.0. The molecular weight excluding hydrogens is 675 g/mol. The largest absolute Gasteiger partial charge is 0.813 e. The number of thiol groups is 1. The van der Waals surface area contributed by atoms with Crippen molar-refractivity contribution in [3.8, 4) is 0 Å². The van der Waals surface area contributed by atoms with Crippen LogP contribution in [0.2, 0.25) is 0 Å². The van der Waals surface area contributed by atoms with Crippen LogP contribution in [0.4, 0.5) is 0 Å². The van der Waals surface area contributed by atoms with E-state index in [0.29, 0.717) is 0 Å². The van der Waals surface area contributed by atoms with Gasteiger partial charge >= 0.3 is 56.5 Å². The van der Waals surface area contributed by atoms with E-state index >= 15 is 0 Å². The van der Waals surface area contributed by atoms with Gasteiger partial charge < -0.3 is 13.5 Å². The summed E-state index contributed by atoms with van der Waals surface area (Å²) in [7, 11) is -1.91. The van der Waals surface area contributed by atoms with Gasteiger partial charge in [0.05, 0.1) is 0 Å². The Hall–Kier alpha value is -2.95. The van der Waals surface area contributed by atoms with Crippen LogP contribution in [-0.4, -0.2) is 0 Å². The third-order valence-corrected chi connectivity index (χ3v) is 8.86. The zero-order valence-electron chi connectivity index (χ0n) is 19.4. The molecule has 0 N–H and O–H groups in total. The summed E-state index contributed by atoms with van der Waals surface area (Å²) in [5.41, 5.74) is 0. The average molecular weight is 696 g/mol. The van der Waals surface area contributed by atoms with Gasteiger partial charge in [0.2, 0.25) is 0 Å². The monoisotopic (exact) mass is 696 g/mol. The SMILES string of the molecule is [C-]#[O+].[C-]#[O+].[C-]#[O+].[C-]#[O+].[C-]#[O+].[SH-].[W].c1ccc([P+](c2ccccc2)(c2ccccc2)c2ccccc2)cc1. The van der Waals surface area contributed by atoms with Gasteiger partial charge in [0, 0.05) is 21.1 Å². The van der Waals surface area contributed by atoms with Crippen molar-refractivity contribution < 1.29 is 44.3 Å².